The molecule has 0 aliphatic heterocycles. The molecule has 0 spiro atoms. The van der Waals surface area contributed by atoms with Crippen LogP contribution in [0.25, 0.3) is 0 Å². The second-order valence-electron chi connectivity index (χ2n) is 4.28. The molecule has 1 N–H and O–H groups in total. The number of benzene rings is 1. The number of hydrogen-bond donors (Lipinski definition) is 1. The third-order valence-electron chi connectivity index (χ3n) is 2.51. The molecule has 1 atom stereocenters. The lowest BCUT2D eigenvalue weighted by atomic mass is 10.1. The van der Waals surface area contributed by atoms with E-state index in [1.165, 1.54) is 12.1 Å². The minimum atomic E-state index is -0.352. The summed E-state index contributed by atoms with van der Waals surface area (Å²) in [4.78, 5) is 0. The van der Waals surface area contributed by atoms with Crippen LogP contribution in [0, 0.1) is 11.7 Å². The fourth-order valence-electron chi connectivity index (χ4n) is 1.43. The van der Waals surface area contributed by atoms with E-state index in [9.17, 15) is 4.39 Å². The Morgan fingerprint density at radius 2 is 2.12 bits per heavy atom. The van der Waals surface area contributed by atoms with Gasteiger partial charge in [-0.2, -0.15) is 0 Å². The molecule has 0 aliphatic carbocycles. The molecular formula is C13H19ClFNO. The zero-order valence-electron chi connectivity index (χ0n) is 10.5. The summed E-state index contributed by atoms with van der Waals surface area (Å²) >= 11 is 5.93. The molecule has 1 aromatic carbocycles. The summed E-state index contributed by atoms with van der Waals surface area (Å²) in [5.41, 5.74) is 0. The van der Waals surface area contributed by atoms with Gasteiger partial charge < -0.3 is 10.1 Å². The van der Waals surface area contributed by atoms with Gasteiger partial charge in [0.1, 0.15) is 17.7 Å². The molecule has 0 aliphatic rings. The summed E-state index contributed by atoms with van der Waals surface area (Å²) in [5.74, 6) is 0.537. The van der Waals surface area contributed by atoms with Crippen molar-refractivity contribution in [2.75, 3.05) is 13.1 Å². The van der Waals surface area contributed by atoms with Gasteiger partial charge in [-0.15, -0.1) is 0 Å². The number of likely N-dealkylation sites (N-methyl/N-ethyl adjacent to an activating group) is 1. The fourth-order valence-corrected chi connectivity index (χ4v) is 1.65. The van der Waals surface area contributed by atoms with Crippen molar-refractivity contribution in [3.05, 3.63) is 29.0 Å². The predicted molar refractivity (Wildman–Crippen MR) is 69.2 cm³/mol. The average Bonchev–Trinajstić information content (AvgIpc) is 2.26. The zero-order chi connectivity index (χ0) is 12.8. The lowest BCUT2D eigenvalue weighted by Gasteiger charge is -2.23. The Morgan fingerprint density at radius 3 is 2.65 bits per heavy atom. The van der Waals surface area contributed by atoms with Crippen LogP contribution in [0.3, 0.4) is 0 Å². The van der Waals surface area contributed by atoms with Crippen LogP contribution in [-0.2, 0) is 0 Å². The van der Waals surface area contributed by atoms with Crippen LogP contribution in [0.5, 0.6) is 5.75 Å². The lowest BCUT2D eigenvalue weighted by molar-refractivity contribution is 0.149. The van der Waals surface area contributed by atoms with Crippen LogP contribution >= 0.6 is 11.6 Å². The lowest BCUT2D eigenvalue weighted by Crippen LogP contribution is -2.35. The molecule has 1 unspecified atom stereocenters. The third-order valence-corrected chi connectivity index (χ3v) is 2.81. The van der Waals surface area contributed by atoms with E-state index in [-0.39, 0.29) is 11.9 Å². The topological polar surface area (TPSA) is 21.3 Å². The van der Waals surface area contributed by atoms with Crippen LogP contribution in [0.1, 0.15) is 20.8 Å². The van der Waals surface area contributed by atoms with Crippen molar-refractivity contribution in [3.8, 4) is 5.75 Å². The maximum atomic E-state index is 12.9. The number of nitrogens with one attached hydrogen (secondary N) is 1. The van der Waals surface area contributed by atoms with Gasteiger partial charge in [0.25, 0.3) is 0 Å². The molecular weight excluding hydrogens is 241 g/mol. The van der Waals surface area contributed by atoms with Gasteiger partial charge in [0.15, 0.2) is 0 Å². The van der Waals surface area contributed by atoms with Crippen LogP contribution in [-0.4, -0.2) is 19.2 Å². The van der Waals surface area contributed by atoms with Crippen LogP contribution in [0.15, 0.2) is 18.2 Å². The molecule has 2 nitrogen and oxygen atoms in total. The smallest absolute Gasteiger partial charge is 0.138 e. The Bertz CT molecular complexity index is 357. The zero-order valence-corrected chi connectivity index (χ0v) is 11.2. The summed E-state index contributed by atoms with van der Waals surface area (Å²) in [7, 11) is 0. The van der Waals surface area contributed by atoms with E-state index in [1.807, 2.05) is 6.92 Å². The van der Waals surface area contributed by atoms with Gasteiger partial charge in [0, 0.05) is 6.54 Å². The average molecular weight is 260 g/mol. The summed E-state index contributed by atoms with van der Waals surface area (Å²) in [6, 6.07) is 4.19. The Hall–Kier alpha value is -0.800. The highest BCUT2D eigenvalue weighted by Gasteiger charge is 2.16. The van der Waals surface area contributed by atoms with Crippen LogP contribution in [0.4, 0.5) is 4.39 Å². The van der Waals surface area contributed by atoms with E-state index in [1.54, 1.807) is 6.07 Å². The molecule has 0 radical (unpaired) electrons. The second-order valence-corrected chi connectivity index (χ2v) is 4.69. The summed E-state index contributed by atoms with van der Waals surface area (Å²) in [6.07, 6.45) is 0.0258. The Balaban J connectivity index is 2.71. The van der Waals surface area contributed by atoms with Gasteiger partial charge in [0.2, 0.25) is 0 Å². The minimum absolute atomic E-state index is 0.0258. The van der Waals surface area contributed by atoms with Gasteiger partial charge in [-0.1, -0.05) is 32.4 Å². The van der Waals surface area contributed by atoms with Crippen molar-refractivity contribution in [2.24, 2.45) is 5.92 Å². The molecule has 96 valence electrons. The van der Waals surface area contributed by atoms with Gasteiger partial charge in [-0.25, -0.2) is 4.39 Å². The van der Waals surface area contributed by atoms with Gasteiger partial charge in [0.05, 0.1) is 5.02 Å². The molecule has 1 rings (SSSR count). The quantitative estimate of drug-likeness (QED) is 0.844. The summed E-state index contributed by atoms with van der Waals surface area (Å²) < 4.78 is 18.7. The largest absolute Gasteiger partial charge is 0.487 e. The van der Waals surface area contributed by atoms with E-state index >= 15 is 0 Å². The standard InChI is InChI=1S/C13H19ClFNO/c1-4-16-8-13(9(2)3)17-12-6-5-10(15)7-11(12)14/h5-7,9,13,16H,4,8H2,1-3H3. The van der Waals surface area contributed by atoms with Crippen LogP contribution in [0.2, 0.25) is 5.02 Å². The maximum Gasteiger partial charge on any atom is 0.138 e. The Labute approximate surface area is 107 Å². The molecule has 1 aromatic rings. The highest BCUT2D eigenvalue weighted by atomic mass is 35.5. The van der Waals surface area contributed by atoms with E-state index < -0.39 is 0 Å². The maximum absolute atomic E-state index is 12.9. The fraction of sp³-hybridized carbons (Fsp3) is 0.538. The van der Waals surface area contributed by atoms with Crippen molar-refractivity contribution in [2.45, 2.75) is 26.9 Å². The van der Waals surface area contributed by atoms with Crippen LogP contribution < -0.4 is 10.1 Å². The van der Waals surface area contributed by atoms with E-state index in [0.29, 0.717) is 16.7 Å². The number of rotatable bonds is 6. The first-order chi connectivity index (χ1) is 8.04. The van der Waals surface area contributed by atoms with E-state index in [2.05, 4.69) is 19.2 Å². The van der Waals surface area contributed by atoms with Crippen molar-refractivity contribution >= 4 is 11.6 Å². The molecule has 0 bridgehead atoms. The first kappa shape index (κ1) is 14.3. The number of hydrogen-bond acceptors (Lipinski definition) is 2. The highest BCUT2D eigenvalue weighted by Crippen LogP contribution is 2.26. The van der Waals surface area contributed by atoms with Gasteiger partial charge in [-0.05, 0) is 30.7 Å². The normalized spacial score (nSPS) is 12.8. The predicted octanol–water partition coefficient (Wildman–Crippen LogP) is 3.49. The summed E-state index contributed by atoms with van der Waals surface area (Å²) in [5, 5.41) is 3.55. The molecule has 0 fully saturated rings. The number of halogens is 2. The second kappa shape index (κ2) is 6.82. The molecule has 0 amide bonds. The molecule has 4 heteroatoms. The van der Waals surface area contributed by atoms with Gasteiger partial charge in [-0.3, -0.25) is 0 Å². The first-order valence-corrected chi connectivity index (χ1v) is 6.24. The minimum Gasteiger partial charge on any atom is -0.487 e. The third kappa shape index (κ3) is 4.52. The number of ether oxygens (including phenoxy) is 1. The highest BCUT2D eigenvalue weighted by molar-refractivity contribution is 6.32. The van der Waals surface area contributed by atoms with Crippen molar-refractivity contribution < 1.29 is 9.13 Å². The van der Waals surface area contributed by atoms with Crippen molar-refractivity contribution in [1.29, 1.82) is 0 Å². The Kier molecular flexibility index (Phi) is 5.72. The van der Waals surface area contributed by atoms with E-state index in [4.69, 9.17) is 16.3 Å². The van der Waals surface area contributed by atoms with Crippen molar-refractivity contribution in [3.63, 3.8) is 0 Å². The molecule has 0 saturated heterocycles. The SMILES string of the molecule is CCNCC(Oc1ccc(F)cc1Cl)C(C)C. The molecule has 0 aromatic heterocycles. The van der Waals surface area contributed by atoms with Gasteiger partial charge >= 0.3 is 0 Å². The first-order valence-electron chi connectivity index (χ1n) is 5.87. The molecule has 0 saturated carbocycles. The molecule has 0 heterocycles. The van der Waals surface area contributed by atoms with Crippen molar-refractivity contribution in [1.82, 2.24) is 5.32 Å². The summed E-state index contributed by atoms with van der Waals surface area (Å²) in [6.45, 7) is 7.85. The van der Waals surface area contributed by atoms with E-state index in [0.717, 1.165) is 13.1 Å². The molecule has 17 heavy (non-hydrogen) atoms. The monoisotopic (exact) mass is 259 g/mol. The Morgan fingerprint density at radius 1 is 1.41 bits per heavy atom.